The Morgan fingerprint density at radius 3 is 1.12 bits per heavy atom. The first kappa shape index (κ1) is 30.9. The molecular weight excluding hydrogens is 613 g/mol. The average Bonchev–Trinajstić information content (AvgIpc) is 2.98. The van der Waals surface area contributed by atoms with Crippen molar-refractivity contribution in [1.82, 2.24) is 0 Å². The summed E-state index contributed by atoms with van der Waals surface area (Å²) in [5.41, 5.74) is 2.68. The highest BCUT2D eigenvalue weighted by atomic mass is 33.1. The van der Waals surface area contributed by atoms with Gasteiger partial charge in [0.2, 0.25) is 20.0 Å². The summed E-state index contributed by atoms with van der Waals surface area (Å²) in [5, 5.41) is 35.7. The van der Waals surface area contributed by atoms with Gasteiger partial charge in [0.15, 0.2) is 0 Å². The maximum atomic E-state index is 11.5. The summed E-state index contributed by atoms with van der Waals surface area (Å²) in [4.78, 5) is 1.95. The van der Waals surface area contributed by atoms with Crippen molar-refractivity contribution in [3.63, 3.8) is 0 Å². The molecule has 214 valence electrons. The van der Waals surface area contributed by atoms with E-state index in [-0.39, 0.29) is 9.79 Å². The largest absolute Gasteiger partial charge is 0.366 e. The number of hydrogen-bond donors (Lipinski definition) is 4. The average molecular weight is 637 g/mol. The first-order chi connectivity index (χ1) is 20.0. The van der Waals surface area contributed by atoms with E-state index in [1.807, 2.05) is 48.5 Å². The van der Waals surface area contributed by atoms with Gasteiger partial charge in [0.1, 0.15) is 12.1 Å². The van der Waals surface area contributed by atoms with Crippen LogP contribution >= 0.6 is 21.6 Å². The van der Waals surface area contributed by atoms with Gasteiger partial charge < -0.3 is 10.6 Å². The lowest BCUT2D eigenvalue weighted by Crippen LogP contribution is -2.13. The van der Waals surface area contributed by atoms with E-state index >= 15 is 0 Å². The van der Waals surface area contributed by atoms with Crippen molar-refractivity contribution in [3.05, 3.63) is 108 Å². The van der Waals surface area contributed by atoms with Gasteiger partial charge in [-0.25, -0.2) is 27.1 Å². The van der Waals surface area contributed by atoms with E-state index in [1.165, 1.54) is 24.3 Å². The van der Waals surface area contributed by atoms with Gasteiger partial charge in [0.05, 0.1) is 21.9 Å². The summed E-state index contributed by atoms with van der Waals surface area (Å²) in [5.74, 6) is 0. The van der Waals surface area contributed by atoms with Crippen LogP contribution in [0.3, 0.4) is 0 Å². The van der Waals surface area contributed by atoms with Crippen LogP contribution in [-0.4, -0.2) is 16.8 Å². The first-order valence-electron chi connectivity index (χ1n) is 12.1. The van der Waals surface area contributed by atoms with Crippen LogP contribution in [0.2, 0.25) is 0 Å². The predicted octanol–water partition coefficient (Wildman–Crippen LogP) is 5.13. The van der Waals surface area contributed by atoms with E-state index in [1.54, 1.807) is 45.9 Å². The van der Waals surface area contributed by atoms with Gasteiger partial charge in [-0.15, -0.1) is 0 Å². The molecule has 2 unspecified atom stereocenters. The van der Waals surface area contributed by atoms with Gasteiger partial charge >= 0.3 is 0 Å². The lowest BCUT2D eigenvalue weighted by Gasteiger charge is -2.14. The standard InChI is InChI=1S/C28H24N6O4S4/c29-17-27(19-1-13-25(14-2-19)41(31,35)36)33-21-5-9-23(10-6-21)39-40-24-11-7-22(8-12-24)34-28(18-30)20-3-15-26(16-4-20)42(32,37)38/h1-16,27-28,33-34H,(H2,31,35,36)(H2,32,37,38). The molecule has 0 saturated carbocycles. The molecule has 0 saturated heterocycles. The first-order valence-corrected chi connectivity index (χ1v) is 17.3. The maximum absolute atomic E-state index is 11.5. The molecule has 0 bridgehead atoms. The molecule has 0 fully saturated rings. The van der Waals surface area contributed by atoms with Gasteiger partial charge in [-0.1, -0.05) is 45.9 Å². The van der Waals surface area contributed by atoms with E-state index in [2.05, 4.69) is 22.8 Å². The van der Waals surface area contributed by atoms with E-state index in [4.69, 9.17) is 10.3 Å². The monoisotopic (exact) mass is 636 g/mol. The Kier molecular flexibility index (Phi) is 9.80. The van der Waals surface area contributed by atoms with Gasteiger partial charge in [-0.2, -0.15) is 10.5 Å². The van der Waals surface area contributed by atoms with E-state index < -0.39 is 32.1 Å². The molecule has 10 nitrogen and oxygen atoms in total. The normalized spacial score (nSPS) is 12.9. The van der Waals surface area contributed by atoms with Gasteiger partial charge in [-0.3, -0.25) is 0 Å². The molecule has 4 rings (SSSR count). The highest BCUT2D eigenvalue weighted by Crippen LogP contribution is 2.38. The zero-order valence-electron chi connectivity index (χ0n) is 21.7. The molecular formula is C28H24N6O4S4. The second kappa shape index (κ2) is 13.3. The summed E-state index contributed by atoms with van der Waals surface area (Å²) < 4.78 is 45.8. The van der Waals surface area contributed by atoms with Crippen LogP contribution < -0.4 is 20.9 Å². The fraction of sp³-hybridized carbons (Fsp3) is 0.0714. The molecule has 4 aromatic rings. The third-order valence-corrected chi connectivity index (χ3v) is 10.2. The smallest absolute Gasteiger partial charge is 0.238 e. The third kappa shape index (κ3) is 8.27. The molecule has 2 atom stereocenters. The van der Waals surface area contributed by atoms with Gasteiger partial charge in [0.25, 0.3) is 0 Å². The van der Waals surface area contributed by atoms with Crippen LogP contribution in [-0.2, 0) is 20.0 Å². The molecule has 0 aliphatic rings. The number of nitrogens with two attached hydrogens (primary N) is 2. The Labute approximate surface area is 252 Å². The van der Waals surface area contributed by atoms with Crippen LogP contribution in [0.1, 0.15) is 23.2 Å². The summed E-state index contributed by atoms with van der Waals surface area (Å²) >= 11 is 0. The van der Waals surface area contributed by atoms with Crippen molar-refractivity contribution in [1.29, 1.82) is 10.5 Å². The molecule has 0 heterocycles. The molecule has 0 amide bonds. The number of hydrogen-bond acceptors (Lipinski definition) is 10. The topological polar surface area (TPSA) is 192 Å². The van der Waals surface area contributed by atoms with E-state index in [0.717, 1.165) is 21.2 Å². The summed E-state index contributed by atoms with van der Waals surface area (Å²) in [7, 11) is -4.50. The lowest BCUT2D eigenvalue weighted by atomic mass is 10.1. The van der Waals surface area contributed by atoms with Crippen LogP contribution in [0.15, 0.2) is 117 Å². The second-order valence-electron chi connectivity index (χ2n) is 8.86. The van der Waals surface area contributed by atoms with Crippen molar-refractivity contribution < 1.29 is 16.8 Å². The molecule has 14 heteroatoms. The van der Waals surface area contributed by atoms with Crippen LogP contribution in [0, 0.1) is 22.7 Å². The van der Waals surface area contributed by atoms with Gasteiger partial charge in [0, 0.05) is 21.2 Å². The maximum Gasteiger partial charge on any atom is 0.238 e. The van der Waals surface area contributed by atoms with E-state index in [9.17, 15) is 27.4 Å². The lowest BCUT2D eigenvalue weighted by molar-refractivity contribution is 0.596. The van der Waals surface area contributed by atoms with Crippen molar-refractivity contribution in [2.75, 3.05) is 10.6 Å². The molecule has 0 radical (unpaired) electrons. The van der Waals surface area contributed by atoms with Crippen molar-refractivity contribution in [2.24, 2.45) is 10.3 Å². The number of anilines is 2. The van der Waals surface area contributed by atoms with Crippen molar-refractivity contribution in [3.8, 4) is 12.1 Å². The number of nitriles is 2. The second-order valence-corrected chi connectivity index (χ2v) is 14.3. The zero-order valence-corrected chi connectivity index (χ0v) is 25.0. The minimum atomic E-state index is -3.81. The number of rotatable bonds is 11. The quantitative estimate of drug-likeness (QED) is 0.160. The van der Waals surface area contributed by atoms with Crippen molar-refractivity contribution in [2.45, 2.75) is 31.7 Å². The van der Waals surface area contributed by atoms with Crippen LogP contribution in [0.25, 0.3) is 0 Å². The third-order valence-electron chi connectivity index (χ3n) is 5.91. The zero-order chi connectivity index (χ0) is 30.3. The molecule has 0 aromatic heterocycles. The fourth-order valence-electron chi connectivity index (χ4n) is 3.72. The SMILES string of the molecule is N#CC(Nc1ccc(SSc2ccc(NC(C#N)c3ccc(S(N)(=O)=O)cc3)cc2)cc1)c1ccc(S(N)(=O)=O)cc1. The Morgan fingerprint density at radius 1 is 0.548 bits per heavy atom. The number of benzene rings is 4. The Balaban J connectivity index is 1.31. The van der Waals surface area contributed by atoms with Crippen LogP contribution in [0.4, 0.5) is 11.4 Å². The molecule has 0 aliphatic heterocycles. The molecule has 42 heavy (non-hydrogen) atoms. The molecule has 4 aromatic carbocycles. The molecule has 6 N–H and O–H groups in total. The highest BCUT2D eigenvalue weighted by Gasteiger charge is 2.15. The van der Waals surface area contributed by atoms with Crippen molar-refractivity contribution >= 4 is 53.0 Å². The van der Waals surface area contributed by atoms with Crippen LogP contribution in [0.5, 0.6) is 0 Å². The predicted molar refractivity (Wildman–Crippen MR) is 164 cm³/mol. The Bertz CT molecular complexity index is 1700. The number of nitrogens with zero attached hydrogens (tertiary/aromatic N) is 2. The Hall–Kier alpha value is -4.02. The fourth-order valence-corrected chi connectivity index (χ4v) is 6.68. The van der Waals surface area contributed by atoms with Gasteiger partial charge in [-0.05, 0) is 83.9 Å². The summed E-state index contributed by atoms with van der Waals surface area (Å²) in [6, 6.07) is 29.8. The number of nitrogens with one attached hydrogen (secondary N) is 2. The number of primary sulfonamides is 2. The highest BCUT2D eigenvalue weighted by molar-refractivity contribution is 8.76. The van der Waals surface area contributed by atoms with E-state index in [0.29, 0.717) is 11.1 Å². The molecule has 0 aliphatic carbocycles. The Morgan fingerprint density at radius 2 is 0.857 bits per heavy atom. The minimum absolute atomic E-state index is 0.0193. The minimum Gasteiger partial charge on any atom is -0.366 e. The summed E-state index contributed by atoms with van der Waals surface area (Å²) in [6.45, 7) is 0. The number of sulfonamides is 2. The summed E-state index contributed by atoms with van der Waals surface area (Å²) in [6.07, 6.45) is 0. The molecule has 0 spiro atoms.